The van der Waals surface area contributed by atoms with Crippen LogP contribution in [-0.2, 0) is 15.9 Å². The van der Waals surface area contributed by atoms with E-state index < -0.39 is 7.12 Å². The van der Waals surface area contributed by atoms with E-state index in [0.717, 1.165) is 11.0 Å². The van der Waals surface area contributed by atoms with Crippen molar-refractivity contribution in [1.82, 2.24) is 0 Å². The third-order valence-corrected chi connectivity index (χ3v) is 3.87. The molecule has 0 atom stereocenters. The quantitative estimate of drug-likeness (QED) is 0.607. The van der Waals surface area contributed by atoms with Crippen LogP contribution in [0.3, 0.4) is 0 Å². The van der Waals surface area contributed by atoms with Crippen molar-refractivity contribution < 1.29 is 14.4 Å². The van der Waals surface area contributed by atoms with Crippen LogP contribution in [0.1, 0.15) is 33.3 Å². The summed E-state index contributed by atoms with van der Waals surface area (Å²) >= 11 is 0. The Kier molecular flexibility index (Phi) is 3.17. The molecule has 0 unspecified atom stereocenters. The average molecular weight is 249 g/mol. The van der Waals surface area contributed by atoms with E-state index in [1.54, 1.807) is 12.1 Å². The van der Waals surface area contributed by atoms with Gasteiger partial charge in [-0.1, -0.05) is 12.1 Å². The van der Waals surface area contributed by atoms with E-state index in [4.69, 9.17) is 20.1 Å². The fourth-order valence-corrected chi connectivity index (χ4v) is 1.88. The molecule has 1 aromatic rings. The minimum Gasteiger partial charge on any atom is -0.399 e. The summed E-state index contributed by atoms with van der Waals surface area (Å²) in [4.78, 5) is 0. The highest BCUT2D eigenvalue weighted by atomic mass is 16.7. The summed E-state index contributed by atoms with van der Waals surface area (Å²) in [5, 5.41) is 9.10. The highest BCUT2D eigenvalue weighted by molar-refractivity contribution is 6.62. The Morgan fingerprint density at radius 3 is 2.17 bits per heavy atom. The first-order valence-corrected chi connectivity index (χ1v) is 6.11. The Hall–Kier alpha value is -1.04. The minimum absolute atomic E-state index is 0.0600. The van der Waals surface area contributed by atoms with Gasteiger partial charge in [-0.25, -0.2) is 0 Å². The van der Waals surface area contributed by atoms with Crippen LogP contribution in [-0.4, -0.2) is 23.4 Å². The highest BCUT2D eigenvalue weighted by Crippen LogP contribution is 2.36. The van der Waals surface area contributed by atoms with Gasteiger partial charge in [-0.3, -0.25) is 0 Å². The lowest BCUT2D eigenvalue weighted by Gasteiger charge is -2.32. The van der Waals surface area contributed by atoms with Gasteiger partial charge in [0.15, 0.2) is 0 Å². The van der Waals surface area contributed by atoms with E-state index in [1.165, 1.54) is 0 Å². The van der Waals surface area contributed by atoms with Crippen LogP contribution in [0.15, 0.2) is 18.2 Å². The molecule has 0 aromatic heterocycles. The lowest BCUT2D eigenvalue weighted by Crippen LogP contribution is -2.41. The lowest BCUT2D eigenvalue weighted by atomic mass is 9.78. The largest absolute Gasteiger partial charge is 0.494 e. The van der Waals surface area contributed by atoms with E-state index in [0.29, 0.717) is 5.69 Å². The van der Waals surface area contributed by atoms with Gasteiger partial charge in [0.1, 0.15) is 0 Å². The number of hydrogen-bond acceptors (Lipinski definition) is 4. The predicted octanol–water partition coefficient (Wildman–Crippen LogP) is 1.06. The Morgan fingerprint density at radius 2 is 1.72 bits per heavy atom. The molecular formula is C13H20BNO3. The number of benzene rings is 1. The van der Waals surface area contributed by atoms with E-state index in [9.17, 15) is 0 Å². The standard InChI is InChI=1S/C13H20BNO3/c1-12(2)13(3,4)18-14(17-12)10-6-5-9(8-16)11(15)7-10/h5-7,16H,8,15H2,1-4H3. The molecule has 1 fully saturated rings. The zero-order valence-electron chi connectivity index (χ0n) is 11.4. The molecule has 4 nitrogen and oxygen atoms in total. The van der Waals surface area contributed by atoms with E-state index in [2.05, 4.69) is 0 Å². The van der Waals surface area contributed by atoms with Gasteiger partial charge < -0.3 is 20.1 Å². The normalized spacial score (nSPS) is 21.3. The molecule has 98 valence electrons. The second-order valence-corrected chi connectivity index (χ2v) is 5.70. The van der Waals surface area contributed by atoms with Crippen molar-refractivity contribution in [1.29, 1.82) is 0 Å². The zero-order chi connectivity index (χ0) is 13.6. The van der Waals surface area contributed by atoms with Gasteiger partial charge in [0.25, 0.3) is 0 Å². The van der Waals surface area contributed by atoms with Crippen molar-refractivity contribution >= 4 is 18.3 Å². The summed E-state index contributed by atoms with van der Waals surface area (Å²) in [5.41, 5.74) is 7.30. The van der Waals surface area contributed by atoms with Gasteiger partial charge in [0, 0.05) is 11.3 Å². The van der Waals surface area contributed by atoms with Crippen molar-refractivity contribution in [3.05, 3.63) is 23.8 Å². The molecule has 2 rings (SSSR count). The maximum atomic E-state index is 9.10. The SMILES string of the molecule is CC1(C)OB(c2ccc(CO)c(N)c2)OC1(C)C. The molecule has 0 aliphatic carbocycles. The number of nitrogens with two attached hydrogens (primary N) is 1. The smallest absolute Gasteiger partial charge is 0.399 e. The van der Waals surface area contributed by atoms with Crippen LogP contribution in [0.2, 0.25) is 0 Å². The van der Waals surface area contributed by atoms with Crippen LogP contribution < -0.4 is 11.2 Å². The molecule has 5 heteroatoms. The van der Waals surface area contributed by atoms with Crippen LogP contribution in [0.5, 0.6) is 0 Å². The lowest BCUT2D eigenvalue weighted by molar-refractivity contribution is 0.00578. The van der Waals surface area contributed by atoms with Gasteiger partial charge in [0.05, 0.1) is 17.8 Å². The van der Waals surface area contributed by atoms with Crippen molar-refractivity contribution in [3.63, 3.8) is 0 Å². The summed E-state index contributed by atoms with van der Waals surface area (Å²) in [6, 6.07) is 5.48. The van der Waals surface area contributed by atoms with Crippen molar-refractivity contribution in [2.75, 3.05) is 5.73 Å². The third-order valence-electron chi connectivity index (χ3n) is 3.87. The van der Waals surface area contributed by atoms with E-state index in [1.807, 2.05) is 33.8 Å². The van der Waals surface area contributed by atoms with Crippen LogP contribution >= 0.6 is 0 Å². The third kappa shape index (κ3) is 2.14. The van der Waals surface area contributed by atoms with Crippen LogP contribution in [0.4, 0.5) is 5.69 Å². The maximum absolute atomic E-state index is 9.10. The number of rotatable bonds is 2. The highest BCUT2D eigenvalue weighted by Gasteiger charge is 2.51. The Morgan fingerprint density at radius 1 is 1.17 bits per heavy atom. The monoisotopic (exact) mass is 249 g/mol. The molecule has 18 heavy (non-hydrogen) atoms. The summed E-state index contributed by atoms with van der Waals surface area (Å²) in [6.07, 6.45) is 0. The van der Waals surface area contributed by atoms with Gasteiger partial charge in [-0.05, 0) is 39.2 Å². The van der Waals surface area contributed by atoms with Crippen LogP contribution in [0.25, 0.3) is 0 Å². The van der Waals surface area contributed by atoms with Gasteiger partial charge in [-0.15, -0.1) is 0 Å². The molecule has 3 N–H and O–H groups in total. The van der Waals surface area contributed by atoms with Crippen molar-refractivity contribution in [2.45, 2.75) is 45.5 Å². The Labute approximate surface area is 108 Å². The minimum atomic E-state index is -0.412. The van der Waals surface area contributed by atoms with Gasteiger partial charge in [-0.2, -0.15) is 0 Å². The van der Waals surface area contributed by atoms with E-state index >= 15 is 0 Å². The van der Waals surface area contributed by atoms with Crippen molar-refractivity contribution in [2.24, 2.45) is 0 Å². The molecular weight excluding hydrogens is 229 g/mol. The average Bonchev–Trinajstić information content (AvgIpc) is 2.48. The first-order chi connectivity index (χ1) is 8.27. The number of hydrogen-bond donors (Lipinski definition) is 2. The zero-order valence-corrected chi connectivity index (χ0v) is 11.4. The summed E-state index contributed by atoms with van der Waals surface area (Å²) in [5.74, 6) is 0. The molecule has 1 heterocycles. The molecule has 0 spiro atoms. The second kappa shape index (κ2) is 4.26. The predicted molar refractivity (Wildman–Crippen MR) is 72.5 cm³/mol. The molecule has 1 aliphatic rings. The van der Waals surface area contributed by atoms with Crippen molar-refractivity contribution in [3.8, 4) is 0 Å². The fraction of sp³-hybridized carbons (Fsp3) is 0.538. The summed E-state index contributed by atoms with van der Waals surface area (Å²) in [6.45, 7) is 7.99. The number of aliphatic hydroxyl groups excluding tert-OH is 1. The molecule has 1 aliphatic heterocycles. The van der Waals surface area contributed by atoms with E-state index in [-0.39, 0.29) is 17.8 Å². The molecule has 0 bridgehead atoms. The molecule has 0 radical (unpaired) electrons. The summed E-state index contributed by atoms with van der Waals surface area (Å²) in [7, 11) is -0.412. The maximum Gasteiger partial charge on any atom is 0.494 e. The number of anilines is 1. The van der Waals surface area contributed by atoms with Gasteiger partial charge in [0.2, 0.25) is 0 Å². The Bertz CT molecular complexity index is 444. The fourth-order valence-electron chi connectivity index (χ4n) is 1.88. The molecule has 0 amide bonds. The van der Waals surface area contributed by atoms with Gasteiger partial charge >= 0.3 is 7.12 Å². The first kappa shape index (κ1) is 13.4. The summed E-state index contributed by atoms with van der Waals surface area (Å²) < 4.78 is 11.9. The Balaban J connectivity index is 2.27. The molecule has 0 saturated carbocycles. The number of nitrogen functional groups attached to an aromatic ring is 1. The second-order valence-electron chi connectivity index (χ2n) is 5.70. The number of aliphatic hydroxyl groups is 1. The van der Waals surface area contributed by atoms with Crippen LogP contribution in [0, 0.1) is 0 Å². The molecule has 1 saturated heterocycles. The molecule has 1 aromatic carbocycles. The first-order valence-electron chi connectivity index (χ1n) is 6.11. The topological polar surface area (TPSA) is 64.7 Å².